The fourth-order valence-electron chi connectivity index (χ4n) is 6.14. The predicted octanol–water partition coefficient (Wildman–Crippen LogP) is 1.35. The minimum Gasteiger partial charge on any atom is -0.462 e. The van der Waals surface area contributed by atoms with Gasteiger partial charge in [0.1, 0.15) is 18.3 Å². The first kappa shape index (κ1) is 23.9. The molecule has 1 spiro atoms. The molecule has 2 saturated heterocycles. The third kappa shape index (κ3) is 3.27. The van der Waals surface area contributed by atoms with E-state index in [1.165, 1.54) is 26.8 Å². The van der Waals surface area contributed by atoms with Crippen molar-refractivity contribution in [3.63, 3.8) is 0 Å². The maximum Gasteiger partial charge on any atom is 0.342 e. The number of esters is 3. The van der Waals surface area contributed by atoms with Crippen molar-refractivity contribution in [1.29, 1.82) is 0 Å². The van der Waals surface area contributed by atoms with Gasteiger partial charge in [0.05, 0.1) is 5.60 Å². The summed E-state index contributed by atoms with van der Waals surface area (Å²) in [5.41, 5.74) is -4.81. The second-order valence-corrected chi connectivity index (χ2v) is 10.3. The van der Waals surface area contributed by atoms with Crippen LogP contribution in [0.3, 0.4) is 0 Å². The maximum absolute atomic E-state index is 12.8. The number of epoxide rings is 1. The van der Waals surface area contributed by atoms with Gasteiger partial charge in [0.15, 0.2) is 17.3 Å². The molecule has 2 N–H and O–H groups in total. The normalized spacial score (nSPS) is 48.4. The van der Waals surface area contributed by atoms with E-state index in [1.807, 2.05) is 6.92 Å². The number of rotatable bonds is 2. The first-order valence-corrected chi connectivity index (χ1v) is 11.2. The minimum atomic E-state index is -1.82. The standard InChI is InChI=1S/C24H32O9/c1-12-7-8-16(30-13(2)25)21(4)10-9-15(27)22(5,29)18(21)19(31-14(3)26)24-17(11-12)32-20(28)23(24,6)33-24/h9-11,15-19,27,29H,7-8H2,1-6H3. The third-order valence-corrected chi connectivity index (χ3v) is 7.92. The molecule has 0 aromatic heterocycles. The van der Waals surface area contributed by atoms with Crippen LogP contribution < -0.4 is 0 Å². The zero-order valence-electron chi connectivity index (χ0n) is 19.8. The summed E-state index contributed by atoms with van der Waals surface area (Å²) in [6.07, 6.45) is 1.80. The molecule has 2 fully saturated rings. The van der Waals surface area contributed by atoms with Crippen molar-refractivity contribution in [2.45, 2.75) is 95.6 Å². The number of allylic oxidation sites excluding steroid dienone is 1. The molecule has 0 amide bonds. The van der Waals surface area contributed by atoms with Gasteiger partial charge in [-0.3, -0.25) is 9.59 Å². The Morgan fingerprint density at radius 1 is 1.15 bits per heavy atom. The van der Waals surface area contributed by atoms with Crippen LogP contribution in [0.1, 0.15) is 54.4 Å². The summed E-state index contributed by atoms with van der Waals surface area (Å²) in [6, 6.07) is 0. The lowest BCUT2D eigenvalue weighted by Crippen LogP contribution is -2.66. The highest BCUT2D eigenvalue weighted by Crippen LogP contribution is 2.65. The van der Waals surface area contributed by atoms with Crippen molar-refractivity contribution in [1.82, 2.24) is 0 Å². The fourth-order valence-corrected chi connectivity index (χ4v) is 6.14. The first-order chi connectivity index (χ1) is 15.2. The number of carbonyl (C=O) groups is 3. The average Bonchev–Trinajstić information content (AvgIpc) is 3.28. The summed E-state index contributed by atoms with van der Waals surface area (Å²) in [7, 11) is 0. The predicted molar refractivity (Wildman–Crippen MR) is 114 cm³/mol. The highest BCUT2D eigenvalue weighted by atomic mass is 16.7. The van der Waals surface area contributed by atoms with Gasteiger partial charge in [-0.1, -0.05) is 24.6 Å². The Bertz CT molecular complexity index is 952. The fraction of sp³-hybridized carbons (Fsp3) is 0.708. The Morgan fingerprint density at radius 3 is 2.36 bits per heavy atom. The van der Waals surface area contributed by atoms with E-state index in [1.54, 1.807) is 26.0 Å². The summed E-state index contributed by atoms with van der Waals surface area (Å²) >= 11 is 0. The number of hydrogen-bond acceptors (Lipinski definition) is 9. The molecule has 2 heterocycles. The van der Waals surface area contributed by atoms with Crippen LogP contribution in [0.25, 0.3) is 0 Å². The highest BCUT2D eigenvalue weighted by molar-refractivity contribution is 5.89. The maximum atomic E-state index is 12.8. The van der Waals surface area contributed by atoms with Crippen LogP contribution >= 0.6 is 0 Å². The molecule has 4 rings (SSSR count). The zero-order chi connectivity index (χ0) is 24.6. The van der Waals surface area contributed by atoms with Gasteiger partial charge in [-0.25, -0.2) is 4.79 Å². The summed E-state index contributed by atoms with van der Waals surface area (Å²) in [5, 5.41) is 22.4. The number of hydrogen-bond donors (Lipinski definition) is 2. The highest BCUT2D eigenvalue weighted by Gasteiger charge is 2.87. The smallest absolute Gasteiger partial charge is 0.342 e. The van der Waals surface area contributed by atoms with E-state index in [9.17, 15) is 24.6 Å². The third-order valence-electron chi connectivity index (χ3n) is 7.92. The summed E-state index contributed by atoms with van der Waals surface area (Å²) in [4.78, 5) is 37.2. The van der Waals surface area contributed by atoms with Gasteiger partial charge in [-0.05, 0) is 39.7 Å². The van der Waals surface area contributed by atoms with Gasteiger partial charge < -0.3 is 29.2 Å². The zero-order valence-corrected chi connectivity index (χ0v) is 19.8. The molecule has 0 saturated carbocycles. The van der Waals surface area contributed by atoms with E-state index in [-0.39, 0.29) is 0 Å². The van der Waals surface area contributed by atoms with E-state index in [0.717, 1.165) is 5.57 Å². The quantitative estimate of drug-likeness (QED) is 0.269. The second-order valence-electron chi connectivity index (χ2n) is 10.3. The largest absolute Gasteiger partial charge is 0.462 e. The molecule has 0 aromatic carbocycles. The molecule has 9 nitrogen and oxygen atoms in total. The Balaban J connectivity index is 1.99. The van der Waals surface area contributed by atoms with E-state index >= 15 is 0 Å². The number of aliphatic hydroxyl groups is 2. The van der Waals surface area contributed by atoms with Crippen LogP contribution in [0.4, 0.5) is 0 Å². The van der Waals surface area contributed by atoms with Crippen molar-refractivity contribution in [2.24, 2.45) is 11.3 Å². The van der Waals surface area contributed by atoms with Gasteiger partial charge >= 0.3 is 17.9 Å². The Labute approximate surface area is 192 Å². The molecule has 9 heteroatoms. The molecular formula is C24H32O9. The van der Waals surface area contributed by atoms with Gasteiger partial charge in [0, 0.05) is 25.2 Å². The lowest BCUT2D eigenvalue weighted by Gasteiger charge is -2.54. The number of aliphatic hydroxyl groups excluding tert-OH is 1. The van der Waals surface area contributed by atoms with Crippen LogP contribution in [-0.4, -0.2) is 69.3 Å². The number of ether oxygens (including phenoxy) is 4. The minimum absolute atomic E-state index is 0.407. The summed E-state index contributed by atoms with van der Waals surface area (Å²) in [5.74, 6) is -2.74. The Kier molecular flexibility index (Phi) is 5.35. The monoisotopic (exact) mass is 464 g/mol. The molecule has 2 aliphatic heterocycles. The lowest BCUT2D eigenvalue weighted by molar-refractivity contribution is -0.213. The molecule has 33 heavy (non-hydrogen) atoms. The van der Waals surface area contributed by atoms with Gasteiger partial charge in [0.25, 0.3) is 0 Å². The molecule has 0 aromatic rings. The molecule has 9 unspecified atom stereocenters. The van der Waals surface area contributed by atoms with Gasteiger partial charge in [-0.15, -0.1) is 0 Å². The van der Waals surface area contributed by atoms with Crippen LogP contribution in [0, 0.1) is 11.3 Å². The molecule has 0 bridgehead atoms. The van der Waals surface area contributed by atoms with Crippen LogP contribution in [0.5, 0.6) is 0 Å². The van der Waals surface area contributed by atoms with E-state index < -0.39 is 70.5 Å². The molecule has 4 aliphatic rings. The molecular weight excluding hydrogens is 432 g/mol. The summed E-state index contributed by atoms with van der Waals surface area (Å²) in [6.45, 7) is 9.23. The second kappa shape index (κ2) is 7.38. The van der Waals surface area contributed by atoms with Gasteiger partial charge in [-0.2, -0.15) is 0 Å². The van der Waals surface area contributed by atoms with Crippen molar-refractivity contribution in [2.75, 3.05) is 0 Å². The van der Waals surface area contributed by atoms with Crippen LogP contribution in [-0.2, 0) is 33.3 Å². The number of fused-ring (bicyclic) bond motifs is 1. The van der Waals surface area contributed by atoms with E-state index in [4.69, 9.17) is 18.9 Å². The van der Waals surface area contributed by atoms with Crippen LogP contribution in [0.15, 0.2) is 23.8 Å². The van der Waals surface area contributed by atoms with E-state index in [2.05, 4.69) is 0 Å². The topological polar surface area (TPSA) is 132 Å². The van der Waals surface area contributed by atoms with Crippen LogP contribution in [0.2, 0.25) is 0 Å². The first-order valence-electron chi connectivity index (χ1n) is 11.2. The molecule has 9 atom stereocenters. The summed E-state index contributed by atoms with van der Waals surface area (Å²) < 4.78 is 23.3. The Hall–Kier alpha value is -2.23. The van der Waals surface area contributed by atoms with Crippen molar-refractivity contribution < 1.29 is 43.5 Å². The van der Waals surface area contributed by atoms with E-state index in [0.29, 0.717) is 12.8 Å². The number of carbonyl (C=O) groups excluding carboxylic acids is 3. The average molecular weight is 465 g/mol. The van der Waals surface area contributed by atoms with Crippen molar-refractivity contribution in [3.05, 3.63) is 23.8 Å². The molecule has 0 radical (unpaired) electrons. The van der Waals surface area contributed by atoms with Gasteiger partial charge in [0.2, 0.25) is 0 Å². The molecule has 182 valence electrons. The van der Waals surface area contributed by atoms with Crippen molar-refractivity contribution >= 4 is 17.9 Å². The Morgan fingerprint density at radius 2 is 1.79 bits per heavy atom. The lowest BCUT2D eigenvalue weighted by atomic mass is 9.55. The molecule has 2 aliphatic carbocycles. The SMILES string of the molecule is CC(=O)OC1CCC(C)=CC2OC(=O)C3(C)OC23C(OC(C)=O)C2C(C)(O)C(O)C=CC12C. The van der Waals surface area contributed by atoms with Crippen molar-refractivity contribution in [3.8, 4) is 0 Å².